The first-order valence-electron chi connectivity index (χ1n) is 7.66. The maximum atomic E-state index is 12.3. The highest BCUT2D eigenvalue weighted by molar-refractivity contribution is 7.18. The zero-order chi connectivity index (χ0) is 18.5. The monoisotopic (exact) mass is 371 g/mol. The van der Waals surface area contributed by atoms with Gasteiger partial charge in [0.15, 0.2) is 11.5 Å². The summed E-state index contributed by atoms with van der Waals surface area (Å²) in [5, 5.41) is 12.0. The van der Waals surface area contributed by atoms with Gasteiger partial charge in [0.1, 0.15) is 10.8 Å². The molecule has 0 atom stereocenters. The predicted octanol–water partition coefficient (Wildman–Crippen LogP) is 3.48. The van der Waals surface area contributed by atoms with Crippen LogP contribution in [0.4, 0.5) is 5.13 Å². The van der Waals surface area contributed by atoms with E-state index < -0.39 is 0 Å². The van der Waals surface area contributed by atoms with Crippen molar-refractivity contribution in [3.8, 4) is 27.8 Å². The Balaban J connectivity index is 1.76. The average molecular weight is 371 g/mol. The zero-order valence-electron chi connectivity index (χ0n) is 14.5. The number of amides is 1. The lowest BCUT2D eigenvalue weighted by molar-refractivity contribution is 0.102. The van der Waals surface area contributed by atoms with Crippen molar-refractivity contribution >= 4 is 22.4 Å². The van der Waals surface area contributed by atoms with E-state index in [0.717, 1.165) is 5.56 Å². The molecule has 0 aliphatic rings. The third-order valence-corrected chi connectivity index (χ3v) is 4.52. The van der Waals surface area contributed by atoms with E-state index in [2.05, 4.69) is 15.5 Å². The maximum absolute atomic E-state index is 12.3. The number of nitrogens with one attached hydrogen (secondary N) is 1. The standard InChI is InChI=1S/C18H17N3O4S/c1-23-13-7-4-11(5-8-13)16(22)19-18-21-20-17(26-18)12-6-9-14(24-2)15(10-12)25-3/h4-10H,1-3H3,(H,19,21,22). The minimum Gasteiger partial charge on any atom is -0.497 e. The number of aromatic nitrogens is 2. The van der Waals surface area contributed by atoms with Crippen LogP contribution in [0.25, 0.3) is 10.6 Å². The smallest absolute Gasteiger partial charge is 0.257 e. The maximum Gasteiger partial charge on any atom is 0.257 e. The van der Waals surface area contributed by atoms with Crippen molar-refractivity contribution in [2.24, 2.45) is 0 Å². The van der Waals surface area contributed by atoms with Crippen LogP contribution in [0.2, 0.25) is 0 Å². The molecule has 1 N–H and O–H groups in total. The molecule has 1 aromatic heterocycles. The molecule has 0 unspecified atom stereocenters. The number of hydrogen-bond donors (Lipinski definition) is 1. The lowest BCUT2D eigenvalue weighted by Crippen LogP contribution is -2.11. The molecule has 1 heterocycles. The molecule has 2 aromatic carbocycles. The van der Waals surface area contributed by atoms with E-state index in [1.165, 1.54) is 11.3 Å². The molecule has 8 heteroatoms. The van der Waals surface area contributed by atoms with Crippen LogP contribution < -0.4 is 19.5 Å². The quantitative estimate of drug-likeness (QED) is 0.714. The van der Waals surface area contributed by atoms with Crippen LogP contribution in [0.1, 0.15) is 10.4 Å². The molecule has 3 rings (SSSR count). The van der Waals surface area contributed by atoms with Gasteiger partial charge < -0.3 is 14.2 Å². The van der Waals surface area contributed by atoms with Crippen LogP contribution in [-0.2, 0) is 0 Å². The fourth-order valence-corrected chi connectivity index (χ4v) is 3.01. The van der Waals surface area contributed by atoms with Crippen molar-refractivity contribution < 1.29 is 19.0 Å². The van der Waals surface area contributed by atoms with Gasteiger partial charge in [-0.1, -0.05) is 11.3 Å². The van der Waals surface area contributed by atoms with Crippen molar-refractivity contribution in [1.29, 1.82) is 0 Å². The van der Waals surface area contributed by atoms with Gasteiger partial charge in [0.2, 0.25) is 5.13 Å². The lowest BCUT2D eigenvalue weighted by Gasteiger charge is -2.07. The van der Waals surface area contributed by atoms with Gasteiger partial charge in [0.25, 0.3) is 5.91 Å². The number of anilines is 1. The van der Waals surface area contributed by atoms with Crippen LogP contribution in [0.3, 0.4) is 0 Å². The Hall–Kier alpha value is -3.13. The number of rotatable bonds is 6. The number of nitrogens with zero attached hydrogens (tertiary/aromatic N) is 2. The van der Waals surface area contributed by atoms with E-state index in [-0.39, 0.29) is 5.91 Å². The Bertz CT molecular complexity index is 909. The Labute approximate surface area is 154 Å². The average Bonchev–Trinajstić information content (AvgIpc) is 3.15. The summed E-state index contributed by atoms with van der Waals surface area (Å²) in [5.41, 5.74) is 1.33. The van der Waals surface area contributed by atoms with Gasteiger partial charge in [-0.05, 0) is 42.5 Å². The normalized spacial score (nSPS) is 10.3. The summed E-state index contributed by atoms with van der Waals surface area (Å²) in [4.78, 5) is 12.3. The molecule has 7 nitrogen and oxygen atoms in total. The van der Waals surface area contributed by atoms with E-state index in [1.54, 1.807) is 51.7 Å². The Morgan fingerprint density at radius 1 is 0.923 bits per heavy atom. The van der Waals surface area contributed by atoms with Crippen molar-refractivity contribution in [1.82, 2.24) is 10.2 Å². The van der Waals surface area contributed by atoms with Gasteiger partial charge >= 0.3 is 0 Å². The molecule has 0 radical (unpaired) electrons. The van der Waals surface area contributed by atoms with E-state index >= 15 is 0 Å². The van der Waals surface area contributed by atoms with Gasteiger partial charge in [-0.3, -0.25) is 10.1 Å². The summed E-state index contributed by atoms with van der Waals surface area (Å²) in [6.07, 6.45) is 0. The summed E-state index contributed by atoms with van der Waals surface area (Å²) in [6.45, 7) is 0. The minimum absolute atomic E-state index is 0.261. The number of benzene rings is 2. The molecule has 0 saturated heterocycles. The highest BCUT2D eigenvalue weighted by atomic mass is 32.1. The van der Waals surface area contributed by atoms with Gasteiger partial charge in [0, 0.05) is 11.1 Å². The molecule has 26 heavy (non-hydrogen) atoms. The van der Waals surface area contributed by atoms with Crippen LogP contribution in [0, 0.1) is 0 Å². The van der Waals surface area contributed by atoms with Crippen LogP contribution in [0.15, 0.2) is 42.5 Å². The van der Waals surface area contributed by atoms with Crippen LogP contribution in [-0.4, -0.2) is 37.4 Å². The topological polar surface area (TPSA) is 82.6 Å². The zero-order valence-corrected chi connectivity index (χ0v) is 15.3. The number of hydrogen-bond acceptors (Lipinski definition) is 7. The number of methoxy groups -OCH3 is 3. The molecule has 0 aliphatic heterocycles. The second-order valence-corrected chi connectivity index (χ2v) is 6.14. The molecule has 1 amide bonds. The van der Waals surface area contributed by atoms with Gasteiger partial charge in [-0.2, -0.15) is 0 Å². The number of ether oxygens (including phenoxy) is 3. The largest absolute Gasteiger partial charge is 0.497 e. The lowest BCUT2D eigenvalue weighted by atomic mass is 10.2. The van der Waals surface area contributed by atoms with Crippen molar-refractivity contribution in [3.05, 3.63) is 48.0 Å². The fraction of sp³-hybridized carbons (Fsp3) is 0.167. The van der Waals surface area contributed by atoms with Gasteiger partial charge in [0.05, 0.1) is 21.3 Å². The summed E-state index contributed by atoms with van der Waals surface area (Å²) in [6, 6.07) is 12.3. The van der Waals surface area contributed by atoms with E-state index in [0.29, 0.717) is 33.0 Å². The second kappa shape index (κ2) is 7.83. The van der Waals surface area contributed by atoms with Gasteiger partial charge in [-0.15, -0.1) is 10.2 Å². The van der Waals surface area contributed by atoms with E-state index in [4.69, 9.17) is 14.2 Å². The highest BCUT2D eigenvalue weighted by Gasteiger charge is 2.13. The summed E-state index contributed by atoms with van der Waals surface area (Å²) in [5.74, 6) is 1.66. The van der Waals surface area contributed by atoms with Crippen molar-refractivity contribution in [3.63, 3.8) is 0 Å². The first-order valence-corrected chi connectivity index (χ1v) is 8.47. The first kappa shape index (κ1) is 17.7. The fourth-order valence-electron chi connectivity index (χ4n) is 2.27. The Morgan fingerprint density at radius 2 is 1.65 bits per heavy atom. The summed E-state index contributed by atoms with van der Waals surface area (Å²) >= 11 is 1.27. The first-order chi connectivity index (χ1) is 12.6. The second-order valence-electron chi connectivity index (χ2n) is 5.16. The van der Waals surface area contributed by atoms with Gasteiger partial charge in [-0.25, -0.2) is 0 Å². The SMILES string of the molecule is COc1ccc(C(=O)Nc2nnc(-c3ccc(OC)c(OC)c3)s2)cc1. The number of carbonyl (C=O) groups is 1. The van der Waals surface area contributed by atoms with Crippen LogP contribution >= 0.6 is 11.3 Å². The van der Waals surface area contributed by atoms with Crippen LogP contribution in [0.5, 0.6) is 17.2 Å². The molecular weight excluding hydrogens is 354 g/mol. The molecule has 0 fully saturated rings. The molecule has 0 aliphatic carbocycles. The molecule has 134 valence electrons. The van der Waals surface area contributed by atoms with Crippen molar-refractivity contribution in [2.75, 3.05) is 26.6 Å². The van der Waals surface area contributed by atoms with E-state index in [1.807, 2.05) is 12.1 Å². The Kier molecular flexibility index (Phi) is 5.33. The van der Waals surface area contributed by atoms with Crippen molar-refractivity contribution in [2.45, 2.75) is 0 Å². The third kappa shape index (κ3) is 3.75. The Morgan fingerprint density at radius 3 is 2.31 bits per heavy atom. The molecule has 3 aromatic rings. The third-order valence-electron chi connectivity index (χ3n) is 3.63. The summed E-state index contributed by atoms with van der Waals surface area (Å²) in [7, 11) is 4.73. The number of carbonyl (C=O) groups excluding carboxylic acids is 1. The predicted molar refractivity (Wildman–Crippen MR) is 99.4 cm³/mol. The molecule has 0 saturated carbocycles. The minimum atomic E-state index is -0.261. The molecule has 0 bridgehead atoms. The van der Waals surface area contributed by atoms with E-state index in [9.17, 15) is 4.79 Å². The highest BCUT2D eigenvalue weighted by Crippen LogP contribution is 2.34. The molecular formula is C18H17N3O4S. The summed E-state index contributed by atoms with van der Waals surface area (Å²) < 4.78 is 15.6. The molecule has 0 spiro atoms.